The van der Waals surface area contributed by atoms with Gasteiger partial charge in [-0.25, -0.2) is 12.7 Å². The summed E-state index contributed by atoms with van der Waals surface area (Å²) in [5.41, 5.74) is 0.911. The Morgan fingerprint density at radius 2 is 1.93 bits per heavy atom. The zero-order valence-corrected chi connectivity index (χ0v) is 17.1. The van der Waals surface area contributed by atoms with Gasteiger partial charge in [-0.3, -0.25) is 9.69 Å². The number of nitrogens with zero attached hydrogens (tertiary/aromatic N) is 2. The lowest BCUT2D eigenvalue weighted by atomic mass is 9.69. The lowest BCUT2D eigenvalue weighted by Crippen LogP contribution is -2.46. The van der Waals surface area contributed by atoms with Crippen molar-refractivity contribution in [3.05, 3.63) is 35.9 Å². The Bertz CT molecular complexity index is 897. The Balaban J connectivity index is 1.41. The normalized spacial score (nSPS) is 42.9. The monoisotopic (exact) mass is 388 g/mol. The summed E-state index contributed by atoms with van der Waals surface area (Å²) in [5.74, 6) is 0.494. The molecule has 27 heavy (non-hydrogen) atoms. The van der Waals surface area contributed by atoms with Crippen molar-refractivity contribution in [2.24, 2.45) is 16.7 Å². The van der Waals surface area contributed by atoms with Gasteiger partial charge in [-0.15, -0.1) is 0 Å². The summed E-state index contributed by atoms with van der Waals surface area (Å²) in [6.07, 6.45) is 2.88. The van der Waals surface area contributed by atoms with Crippen LogP contribution in [0.3, 0.4) is 0 Å². The number of carbonyl (C=O) groups is 1. The van der Waals surface area contributed by atoms with Crippen LogP contribution in [0.25, 0.3) is 0 Å². The van der Waals surface area contributed by atoms with Gasteiger partial charge in [0, 0.05) is 18.0 Å². The molecule has 146 valence electrons. The summed E-state index contributed by atoms with van der Waals surface area (Å²) >= 11 is 0. The first-order valence-corrected chi connectivity index (χ1v) is 11.7. The summed E-state index contributed by atoms with van der Waals surface area (Å²) in [6.45, 7) is 7.15. The minimum Gasteiger partial charge on any atom is -0.281 e. The van der Waals surface area contributed by atoms with E-state index in [1.165, 1.54) is 4.31 Å². The van der Waals surface area contributed by atoms with Gasteiger partial charge in [-0.2, -0.15) is 0 Å². The molecule has 6 atom stereocenters. The van der Waals surface area contributed by atoms with Crippen LogP contribution in [-0.4, -0.2) is 47.4 Å². The van der Waals surface area contributed by atoms with Gasteiger partial charge >= 0.3 is 0 Å². The maximum absolute atomic E-state index is 13.4. The number of fused-ring (bicyclic) bond motifs is 1. The molecule has 0 radical (unpaired) electrons. The summed E-state index contributed by atoms with van der Waals surface area (Å²) in [5, 5.41) is 0. The molecule has 1 amide bonds. The maximum Gasteiger partial charge on any atom is 0.255 e. The maximum atomic E-state index is 13.4. The average molecular weight is 389 g/mol. The number of sulfonamides is 1. The van der Waals surface area contributed by atoms with E-state index in [1.54, 1.807) is 0 Å². The molecule has 1 aromatic carbocycles. The summed E-state index contributed by atoms with van der Waals surface area (Å²) in [4.78, 5) is 15.5. The standard InChI is InChI=1S/C21H28N2O3S/c1-14-18(22(14)12-15-7-5-4-6-8-15)19(24)23-17-11-16-9-10-21(17,20(16,2)3)13-27(23,25)26/h4-8,14,16-18H,9-13H2,1-3H3/t14-,16-,17-,18+,21-,22?/m0/s1. The number of hydrogen-bond donors (Lipinski definition) is 0. The van der Waals surface area contributed by atoms with Crippen molar-refractivity contribution < 1.29 is 13.2 Å². The van der Waals surface area contributed by atoms with Crippen LogP contribution in [0.15, 0.2) is 30.3 Å². The molecule has 2 saturated carbocycles. The first-order chi connectivity index (χ1) is 12.7. The molecule has 5 nitrogen and oxygen atoms in total. The molecule has 4 aliphatic rings. The van der Waals surface area contributed by atoms with Gasteiger partial charge in [0.05, 0.1) is 11.8 Å². The molecule has 1 unspecified atom stereocenters. The Morgan fingerprint density at radius 3 is 2.59 bits per heavy atom. The Kier molecular flexibility index (Phi) is 3.50. The molecule has 1 spiro atoms. The van der Waals surface area contributed by atoms with Crippen molar-refractivity contribution in [2.75, 3.05) is 5.75 Å². The smallest absolute Gasteiger partial charge is 0.255 e. The highest BCUT2D eigenvalue weighted by Gasteiger charge is 2.73. The number of hydrogen-bond acceptors (Lipinski definition) is 4. The second kappa shape index (κ2) is 5.35. The predicted octanol–water partition coefficient (Wildman–Crippen LogP) is 2.63. The number of carbonyl (C=O) groups excluding carboxylic acids is 1. The third-order valence-electron chi connectivity index (χ3n) is 8.34. The molecule has 2 heterocycles. The van der Waals surface area contributed by atoms with Crippen LogP contribution in [0.5, 0.6) is 0 Å². The summed E-state index contributed by atoms with van der Waals surface area (Å²) < 4.78 is 27.5. The van der Waals surface area contributed by atoms with E-state index in [0.29, 0.717) is 12.5 Å². The molecular weight excluding hydrogens is 360 g/mol. The number of benzene rings is 1. The number of rotatable bonds is 3. The largest absolute Gasteiger partial charge is 0.281 e. The fourth-order valence-corrected chi connectivity index (χ4v) is 9.06. The van der Waals surface area contributed by atoms with E-state index in [4.69, 9.17) is 0 Å². The molecule has 4 fully saturated rings. The Morgan fingerprint density at radius 1 is 1.22 bits per heavy atom. The van der Waals surface area contributed by atoms with E-state index in [-0.39, 0.29) is 40.6 Å². The molecule has 6 heteroatoms. The van der Waals surface area contributed by atoms with E-state index in [9.17, 15) is 13.2 Å². The fraction of sp³-hybridized carbons (Fsp3) is 0.667. The molecule has 2 aliphatic carbocycles. The third-order valence-corrected chi connectivity index (χ3v) is 10.3. The van der Waals surface area contributed by atoms with Gasteiger partial charge in [-0.05, 0) is 43.1 Å². The van der Waals surface area contributed by atoms with Crippen LogP contribution >= 0.6 is 0 Å². The average Bonchev–Trinajstić information content (AvgIpc) is 2.97. The minimum absolute atomic E-state index is 0.00133. The molecule has 2 bridgehead atoms. The quantitative estimate of drug-likeness (QED) is 0.747. The summed E-state index contributed by atoms with van der Waals surface area (Å²) in [7, 11) is -3.53. The van der Waals surface area contributed by atoms with E-state index in [2.05, 4.69) is 18.7 Å². The van der Waals surface area contributed by atoms with Crippen LogP contribution in [-0.2, 0) is 21.4 Å². The van der Waals surface area contributed by atoms with Crippen molar-refractivity contribution in [3.63, 3.8) is 0 Å². The second-order valence-electron chi connectivity index (χ2n) is 9.60. The van der Waals surface area contributed by atoms with Gasteiger partial charge in [-0.1, -0.05) is 44.2 Å². The lowest BCUT2D eigenvalue weighted by Gasteiger charge is -2.37. The highest BCUT2D eigenvalue weighted by atomic mass is 32.2. The zero-order valence-electron chi connectivity index (χ0n) is 16.3. The molecule has 0 N–H and O–H groups in total. The third kappa shape index (κ3) is 2.20. The van der Waals surface area contributed by atoms with Crippen molar-refractivity contribution in [1.29, 1.82) is 0 Å². The molecule has 0 aromatic heterocycles. The van der Waals surface area contributed by atoms with Crippen LogP contribution < -0.4 is 0 Å². The Hall–Kier alpha value is -1.40. The molecular formula is C21H28N2O3S. The molecule has 1 aromatic rings. The zero-order chi connectivity index (χ0) is 19.2. The van der Waals surface area contributed by atoms with Crippen molar-refractivity contribution >= 4 is 15.9 Å². The van der Waals surface area contributed by atoms with E-state index >= 15 is 0 Å². The fourth-order valence-electron chi connectivity index (χ4n) is 6.50. The highest BCUT2D eigenvalue weighted by molar-refractivity contribution is 7.90. The van der Waals surface area contributed by atoms with Crippen molar-refractivity contribution in [2.45, 2.75) is 64.7 Å². The van der Waals surface area contributed by atoms with E-state index < -0.39 is 10.0 Å². The van der Waals surface area contributed by atoms with Gasteiger partial charge in [0.15, 0.2) is 0 Å². The molecule has 2 aliphatic heterocycles. The summed E-state index contributed by atoms with van der Waals surface area (Å²) in [6, 6.07) is 9.71. The van der Waals surface area contributed by atoms with E-state index in [1.807, 2.05) is 37.3 Å². The lowest BCUT2D eigenvalue weighted by molar-refractivity contribution is -0.129. The van der Waals surface area contributed by atoms with E-state index in [0.717, 1.165) is 24.8 Å². The van der Waals surface area contributed by atoms with Gasteiger partial charge in [0.1, 0.15) is 6.04 Å². The van der Waals surface area contributed by atoms with Crippen LogP contribution in [0.1, 0.15) is 45.6 Å². The topological polar surface area (TPSA) is 57.5 Å². The van der Waals surface area contributed by atoms with Crippen molar-refractivity contribution in [1.82, 2.24) is 9.21 Å². The van der Waals surface area contributed by atoms with Crippen LogP contribution in [0, 0.1) is 16.7 Å². The van der Waals surface area contributed by atoms with Crippen LogP contribution in [0.2, 0.25) is 0 Å². The van der Waals surface area contributed by atoms with Gasteiger partial charge in [0.2, 0.25) is 10.0 Å². The van der Waals surface area contributed by atoms with Crippen molar-refractivity contribution in [3.8, 4) is 0 Å². The molecule has 2 saturated heterocycles. The van der Waals surface area contributed by atoms with Gasteiger partial charge in [0.25, 0.3) is 5.91 Å². The predicted molar refractivity (Wildman–Crippen MR) is 103 cm³/mol. The first kappa shape index (κ1) is 17.7. The molecule has 5 rings (SSSR count). The Labute approximate surface area is 161 Å². The minimum atomic E-state index is -3.53. The van der Waals surface area contributed by atoms with Gasteiger partial charge < -0.3 is 0 Å². The van der Waals surface area contributed by atoms with Crippen LogP contribution in [0.4, 0.5) is 0 Å². The second-order valence-corrected chi connectivity index (χ2v) is 11.4. The number of amides is 1. The first-order valence-electron chi connectivity index (χ1n) is 10.0. The highest BCUT2D eigenvalue weighted by Crippen LogP contribution is 2.70. The SMILES string of the molecule is C[C@H]1[C@H](C(=O)N2[C@H]3C[C@@H]4CC[C@@]3(CS2(=O)=O)C4(C)C)N1Cc1ccccc1.